The van der Waals surface area contributed by atoms with Crippen LogP contribution in [0.1, 0.15) is 37.7 Å². The first-order valence-electron chi connectivity index (χ1n) is 8.37. The van der Waals surface area contributed by atoms with Gasteiger partial charge < -0.3 is 9.47 Å². The monoisotopic (exact) mass is 303 g/mol. The van der Waals surface area contributed by atoms with Gasteiger partial charge in [-0.25, -0.2) is 0 Å². The van der Waals surface area contributed by atoms with Crippen LogP contribution in [0.25, 0.3) is 0 Å². The lowest BCUT2D eigenvalue weighted by atomic mass is 10.1. The fourth-order valence-electron chi connectivity index (χ4n) is 3.27. The van der Waals surface area contributed by atoms with Gasteiger partial charge in [-0.2, -0.15) is 0 Å². The summed E-state index contributed by atoms with van der Waals surface area (Å²) in [6, 6.07) is 10.4. The van der Waals surface area contributed by atoms with Crippen molar-refractivity contribution in [3.63, 3.8) is 0 Å². The van der Waals surface area contributed by atoms with E-state index < -0.39 is 0 Å². The third-order valence-electron chi connectivity index (χ3n) is 4.47. The molecule has 22 heavy (non-hydrogen) atoms. The molecule has 0 amide bonds. The largest absolute Gasteiger partial charge is 0.461 e. The van der Waals surface area contributed by atoms with E-state index in [4.69, 9.17) is 9.47 Å². The van der Waals surface area contributed by atoms with Gasteiger partial charge in [0, 0.05) is 32.7 Å². The molecule has 4 heteroatoms. The van der Waals surface area contributed by atoms with Gasteiger partial charge in [-0.1, -0.05) is 30.3 Å². The minimum Gasteiger partial charge on any atom is -0.461 e. The summed E-state index contributed by atoms with van der Waals surface area (Å²) in [6.45, 7) is 3.63. The molecule has 120 valence electrons. The first kappa shape index (κ1) is 15.5. The highest BCUT2D eigenvalue weighted by Crippen LogP contribution is 2.19. The quantitative estimate of drug-likeness (QED) is 0.758. The van der Waals surface area contributed by atoms with Crippen LogP contribution >= 0.6 is 0 Å². The van der Waals surface area contributed by atoms with Crippen molar-refractivity contribution in [1.29, 1.82) is 0 Å². The second-order valence-corrected chi connectivity index (χ2v) is 6.29. The lowest BCUT2D eigenvalue weighted by Gasteiger charge is -2.16. The fourth-order valence-corrected chi connectivity index (χ4v) is 3.27. The number of rotatable bonds is 6. The van der Waals surface area contributed by atoms with Crippen molar-refractivity contribution in [3.8, 4) is 0 Å². The Hall–Kier alpha value is -1.39. The van der Waals surface area contributed by atoms with Gasteiger partial charge in [-0.05, 0) is 31.2 Å². The van der Waals surface area contributed by atoms with E-state index >= 15 is 0 Å². The van der Waals surface area contributed by atoms with E-state index in [0.717, 1.165) is 51.9 Å². The number of ether oxygens (including phenoxy) is 2. The molecule has 2 aliphatic heterocycles. The summed E-state index contributed by atoms with van der Waals surface area (Å²) in [5.74, 6) is -0.0675. The molecule has 2 saturated heterocycles. The molecule has 2 heterocycles. The molecule has 0 radical (unpaired) electrons. The Morgan fingerprint density at radius 1 is 1.27 bits per heavy atom. The molecule has 0 saturated carbocycles. The molecule has 3 rings (SSSR count). The Labute approximate surface area is 132 Å². The van der Waals surface area contributed by atoms with Crippen LogP contribution < -0.4 is 0 Å². The normalized spacial score (nSPS) is 25.5. The lowest BCUT2D eigenvalue weighted by Crippen LogP contribution is -2.25. The van der Waals surface area contributed by atoms with Crippen molar-refractivity contribution in [2.24, 2.45) is 0 Å². The van der Waals surface area contributed by atoms with E-state index in [1.54, 1.807) is 0 Å². The average Bonchev–Trinajstić information content (AvgIpc) is 3.18. The van der Waals surface area contributed by atoms with Crippen LogP contribution in [0.2, 0.25) is 0 Å². The molecule has 2 aliphatic rings. The minimum absolute atomic E-state index is 0.0562. The SMILES string of the molecule is O=C(CCC1CCCO1)O[C@@H]1CCN(Cc2ccccc2)C1. The van der Waals surface area contributed by atoms with Crippen LogP contribution in [-0.2, 0) is 20.8 Å². The zero-order valence-electron chi connectivity index (χ0n) is 13.1. The number of benzene rings is 1. The van der Waals surface area contributed by atoms with Crippen molar-refractivity contribution in [2.75, 3.05) is 19.7 Å². The van der Waals surface area contributed by atoms with Gasteiger partial charge in [0.1, 0.15) is 6.10 Å². The summed E-state index contributed by atoms with van der Waals surface area (Å²) in [5.41, 5.74) is 1.31. The fraction of sp³-hybridized carbons (Fsp3) is 0.611. The third-order valence-corrected chi connectivity index (χ3v) is 4.47. The maximum atomic E-state index is 11.9. The van der Waals surface area contributed by atoms with Crippen molar-refractivity contribution in [1.82, 2.24) is 4.90 Å². The van der Waals surface area contributed by atoms with E-state index in [1.807, 2.05) is 6.07 Å². The molecule has 1 aromatic rings. The van der Waals surface area contributed by atoms with Crippen LogP contribution in [0.4, 0.5) is 0 Å². The van der Waals surface area contributed by atoms with Crippen molar-refractivity contribution in [2.45, 2.75) is 50.9 Å². The van der Waals surface area contributed by atoms with Crippen LogP contribution in [0.5, 0.6) is 0 Å². The highest BCUT2D eigenvalue weighted by Gasteiger charge is 2.26. The van der Waals surface area contributed by atoms with Crippen LogP contribution in [-0.4, -0.2) is 42.8 Å². The Bertz CT molecular complexity index is 470. The van der Waals surface area contributed by atoms with Crippen LogP contribution in [0.15, 0.2) is 30.3 Å². The predicted octanol–water partition coefficient (Wildman–Crippen LogP) is 2.76. The number of nitrogens with zero attached hydrogens (tertiary/aromatic N) is 1. The molecule has 4 nitrogen and oxygen atoms in total. The maximum Gasteiger partial charge on any atom is 0.306 e. The number of carbonyl (C=O) groups excluding carboxylic acids is 1. The maximum absolute atomic E-state index is 11.9. The molecule has 0 aliphatic carbocycles. The van der Waals surface area contributed by atoms with E-state index in [-0.39, 0.29) is 18.2 Å². The van der Waals surface area contributed by atoms with Crippen LogP contribution in [0, 0.1) is 0 Å². The summed E-state index contributed by atoms with van der Waals surface area (Å²) in [7, 11) is 0. The standard InChI is InChI=1S/C18H25NO3/c20-18(9-8-16-7-4-12-21-16)22-17-10-11-19(14-17)13-15-5-2-1-3-6-15/h1-3,5-6,16-17H,4,7-14H2/t16?,17-/m1/s1. The Kier molecular flexibility index (Phi) is 5.46. The number of likely N-dealkylation sites (tertiary alicyclic amines) is 1. The number of esters is 1. The first-order valence-corrected chi connectivity index (χ1v) is 8.37. The van der Waals surface area contributed by atoms with Gasteiger partial charge in [0.05, 0.1) is 6.10 Å². The summed E-state index contributed by atoms with van der Waals surface area (Å²) in [5, 5.41) is 0. The zero-order valence-corrected chi connectivity index (χ0v) is 13.1. The van der Waals surface area contributed by atoms with E-state index in [0.29, 0.717) is 6.42 Å². The molecule has 1 unspecified atom stereocenters. The smallest absolute Gasteiger partial charge is 0.306 e. The molecule has 1 aromatic carbocycles. The number of hydrogen-bond donors (Lipinski definition) is 0. The highest BCUT2D eigenvalue weighted by molar-refractivity contribution is 5.69. The molecule has 0 bridgehead atoms. The van der Waals surface area contributed by atoms with Gasteiger partial charge in [0.25, 0.3) is 0 Å². The minimum atomic E-state index is -0.0675. The summed E-state index contributed by atoms with van der Waals surface area (Å²) in [6.07, 6.45) is 4.77. The van der Waals surface area contributed by atoms with E-state index in [9.17, 15) is 4.79 Å². The Morgan fingerprint density at radius 3 is 2.91 bits per heavy atom. The van der Waals surface area contributed by atoms with E-state index in [1.165, 1.54) is 5.56 Å². The topological polar surface area (TPSA) is 38.8 Å². The Balaban J connectivity index is 1.36. The van der Waals surface area contributed by atoms with Gasteiger partial charge in [-0.3, -0.25) is 9.69 Å². The number of carbonyl (C=O) groups is 1. The zero-order chi connectivity index (χ0) is 15.2. The first-order chi connectivity index (χ1) is 10.8. The molecular formula is C18H25NO3. The number of hydrogen-bond acceptors (Lipinski definition) is 4. The van der Waals surface area contributed by atoms with Crippen molar-refractivity contribution in [3.05, 3.63) is 35.9 Å². The van der Waals surface area contributed by atoms with Gasteiger partial charge >= 0.3 is 5.97 Å². The molecule has 0 N–H and O–H groups in total. The van der Waals surface area contributed by atoms with Crippen molar-refractivity contribution >= 4 is 5.97 Å². The van der Waals surface area contributed by atoms with Gasteiger partial charge in [0.15, 0.2) is 0 Å². The molecular weight excluding hydrogens is 278 g/mol. The van der Waals surface area contributed by atoms with Crippen LogP contribution in [0.3, 0.4) is 0 Å². The highest BCUT2D eigenvalue weighted by atomic mass is 16.5. The second-order valence-electron chi connectivity index (χ2n) is 6.29. The average molecular weight is 303 g/mol. The molecule has 0 spiro atoms. The molecule has 2 fully saturated rings. The predicted molar refractivity (Wildman–Crippen MR) is 84.4 cm³/mol. The van der Waals surface area contributed by atoms with Gasteiger partial charge in [-0.15, -0.1) is 0 Å². The summed E-state index contributed by atoms with van der Waals surface area (Å²) in [4.78, 5) is 14.3. The lowest BCUT2D eigenvalue weighted by molar-refractivity contribution is -0.149. The van der Waals surface area contributed by atoms with E-state index in [2.05, 4.69) is 29.2 Å². The van der Waals surface area contributed by atoms with Crippen molar-refractivity contribution < 1.29 is 14.3 Å². The summed E-state index contributed by atoms with van der Waals surface area (Å²) >= 11 is 0. The molecule has 0 aromatic heterocycles. The third kappa shape index (κ3) is 4.55. The Morgan fingerprint density at radius 2 is 2.14 bits per heavy atom. The molecule has 2 atom stereocenters. The van der Waals surface area contributed by atoms with Gasteiger partial charge in [0.2, 0.25) is 0 Å². The summed E-state index contributed by atoms with van der Waals surface area (Å²) < 4.78 is 11.1. The second kappa shape index (κ2) is 7.75.